The van der Waals surface area contributed by atoms with Gasteiger partial charge in [0.25, 0.3) is 0 Å². The Kier molecular flexibility index (Phi) is 2.82. The summed E-state index contributed by atoms with van der Waals surface area (Å²) >= 11 is 0. The first kappa shape index (κ1) is 8.73. The van der Waals surface area contributed by atoms with Gasteiger partial charge in [-0.1, -0.05) is 6.92 Å². The summed E-state index contributed by atoms with van der Waals surface area (Å²) < 4.78 is 0. The van der Waals surface area contributed by atoms with Crippen LogP contribution in [0.25, 0.3) is 0 Å². The quantitative estimate of drug-likeness (QED) is 0.602. The molecule has 0 saturated heterocycles. The van der Waals surface area contributed by atoms with E-state index < -0.39 is 5.97 Å². The number of carboxylic acids is 1. The molecule has 0 bridgehead atoms. The maximum Gasteiger partial charge on any atom is 0.354 e. The van der Waals surface area contributed by atoms with Crippen molar-refractivity contribution in [2.75, 3.05) is 6.54 Å². The van der Waals surface area contributed by atoms with E-state index in [0.717, 1.165) is 6.54 Å². The van der Waals surface area contributed by atoms with Gasteiger partial charge < -0.3 is 10.4 Å². The molecule has 1 rings (SSSR count). The first-order chi connectivity index (χ1) is 5.75. The van der Waals surface area contributed by atoms with Crippen molar-refractivity contribution in [2.24, 2.45) is 0 Å². The van der Waals surface area contributed by atoms with Crippen LogP contribution in [-0.2, 0) is 6.54 Å². The number of aromatic nitrogens is 2. The average molecular weight is 169 g/mol. The summed E-state index contributed by atoms with van der Waals surface area (Å²) in [4.78, 5) is 10.5. The average Bonchev–Trinajstić information content (AvgIpc) is 2.48. The Morgan fingerprint density at radius 2 is 2.58 bits per heavy atom. The summed E-state index contributed by atoms with van der Waals surface area (Å²) in [6.07, 6.45) is 1.52. The molecule has 0 aliphatic rings. The highest BCUT2D eigenvalue weighted by Crippen LogP contribution is 2.03. The highest BCUT2D eigenvalue weighted by molar-refractivity contribution is 5.86. The summed E-state index contributed by atoms with van der Waals surface area (Å²) in [6, 6.07) is 0. The Hall–Kier alpha value is -1.36. The summed E-state index contributed by atoms with van der Waals surface area (Å²) in [5.41, 5.74) is 0.848. The van der Waals surface area contributed by atoms with Crippen LogP contribution in [0.3, 0.4) is 0 Å². The molecule has 5 heteroatoms. The largest absolute Gasteiger partial charge is 0.477 e. The Labute approximate surface area is 69.8 Å². The minimum Gasteiger partial charge on any atom is -0.477 e. The minimum absolute atomic E-state index is 0.163. The lowest BCUT2D eigenvalue weighted by Gasteiger charge is -1.98. The van der Waals surface area contributed by atoms with E-state index in [2.05, 4.69) is 15.5 Å². The number of aromatic carboxylic acids is 1. The topological polar surface area (TPSA) is 78.0 Å². The number of rotatable bonds is 4. The van der Waals surface area contributed by atoms with Gasteiger partial charge in [0, 0.05) is 12.1 Å². The molecule has 0 aliphatic carbocycles. The van der Waals surface area contributed by atoms with Gasteiger partial charge in [-0.15, -0.1) is 0 Å². The number of carbonyl (C=O) groups is 1. The van der Waals surface area contributed by atoms with Crippen molar-refractivity contribution in [1.82, 2.24) is 15.5 Å². The van der Waals surface area contributed by atoms with Gasteiger partial charge in [0.1, 0.15) is 5.69 Å². The predicted octanol–water partition coefficient (Wildman–Crippen LogP) is 0.217. The van der Waals surface area contributed by atoms with Crippen LogP contribution in [0.4, 0.5) is 0 Å². The van der Waals surface area contributed by atoms with E-state index in [1.165, 1.54) is 6.20 Å². The first-order valence-corrected chi connectivity index (χ1v) is 3.72. The molecule has 66 valence electrons. The van der Waals surface area contributed by atoms with Crippen LogP contribution in [0.15, 0.2) is 6.20 Å². The van der Waals surface area contributed by atoms with Crippen molar-refractivity contribution in [3.05, 3.63) is 17.5 Å². The molecule has 5 nitrogen and oxygen atoms in total. The fourth-order valence-electron chi connectivity index (χ4n) is 0.890. The maximum absolute atomic E-state index is 10.5. The van der Waals surface area contributed by atoms with Crippen molar-refractivity contribution >= 4 is 5.97 Å². The number of nitrogens with one attached hydrogen (secondary N) is 2. The number of hydrogen-bond donors (Lipinski definition) is 3. The highest BCUT2D eigenvalue weighted by atomic mass is 16.4. The Morgan fingerprint density at radius 3 is 3.17 bits per heavy atom. The molecule has 1 aromatic rings. The first-order valence-electron chi connectivity index (χ1n) is 3.72. The monoisotopic (exact) mass is 169 g/mol. The summed E-state index contributed by atoms with van der Waals surface area (Å²) in [7, 11) is 0. The number of aromatic amines is 1. The van der Waals surface area contributed by atoms with Gasteiger partial charge in [0.2, 0.25) is 0 Å². The fraction of sp³-hybridized carbons (Fsp3) is 0.429. The fourth-order valence-corrected chi connectivity index (χ4v) is 0.890. The van der Waals surface area contributed by atoms with Crippen LogP contribution in [0.5, 0.6) is 0 Å². The van der Waals surface area contributed by atoms with Crippen LogP contribution in [-0.4, -0.2) is 27.8 Å². The van der Waals surface area contributed by atoms with Gasteiger partial charge in [-0.25, -0.2) is 4.79 Å². The molecule has 0 fully saturated rings. The molecular weight excluding hydrogens is 158 g/mol. The zero-order valence-corrected chi connectivity index (χ0v) is 6.79. The molecule has 3 N–H and O–H groups in total. The molecule has 1 heterocycles. The van der Waals surface area contributed by atoms with E-state index in [9.17, 15) is 4.79 Å². The van der Waals surface area contributed by atoms with E-state index in [1.54, 1.807) is 0 Å². The second-order valence-electron chi connectivity index (χ2n) is 2.36. The van der Waals surface area contributed by atoms with Gasteiger partial charge in [-0.2, -0.15) is 5.10 Å². The number of H-pyrrole nitrogens is 1. The number of carboxylic acid groups (broad SMARTS) is 1. The predicted molar refractivity (Wildman–Crippen MR) is 42.9 cm³/mol. The standard InChI is InChI=1S/C7H11N3O2/c1-2-8-3-5-4-9-10-6(5)7(11)12/h4,8H,2-3H2,1H3,(H,9,10)(H,11,12). The molecular formula is C7H11N3O2. The maximum atomic E-state index is 10.5. The van der Waals surface area contributed by atoms with Crippen molar-refractivity contribution in [3.8, 4) is 0 Å². The molecule has 0 spiro atoms. The van der Waals surface area contributed by atoms with E-state index in [4.69, 9.17) is 5.11 Å². The van der Waals surface area contributed by atoms with Crippen LogP contribution in [0.1, 0.15) is 23.0 Å². The molecule has 12 heavy (non-hydrogen) atoms. The normalized spacial score (nSPS) is 10.1. The second kappa shape index (κ2) is 3.87. The summed E-state index contributed by atoms with van der Waals surface area (Å²) in [6.45, 7) is 3.30. The zero-order valence-electron chi connectivity index (χ0n) is 6.79. The molecule has 0 amide bonds. The lowest BCUT2D eigenvalue weighted by atomic mass is 10.2. The lowest BCUT2D eigenvalue weighted by molar-refractivity contribution is 0.0689. The van der Waals surface area contributed by atoms with E-state index in [1.807, 2.05) is 6.92 Å². The smallest absolute Gasteiger partial charge is 0.354 e. The van der Waals surface area contributed by atoms with Gasteiger partial charge in [0.15, 0.2) is 0 Å². The second-order valence-corrected chi connectivity index (χ2v) is 2.36. The van der Waals surface area contributed by atoms with Crippen molar-refractivity contribution in [2.45, 2.75) is 13.5 Å². The van der Waals surface area contributed by atoms with Crippen LogP contribution < -0.4 is 5.32 Å². The molecule has 1 aromatic heterocycles. The van der Waals surface area contributed by atoms with Gasteiger partial charge in [-0.3, -0.25) is 5.10 Å². The van der Waals surface area contributed by atoms with Gasteiger partial charge in [-0.05, 0) is 6.54 Å². The molecule has 0 aliphatic heterocycles. The molecule has 0 aromatic carbocycles. The van der Waals surface area contributed by atoms with Gasteiger partial charge >= 0.3 is 5.97 Å². The third-order valence-corrected chi connectivity index (χ3v) is 1.50. The zero-order chi connectivity index (χ0) is 8.97. The van der Waals surface area contributed by atoms with Crippen LogP contribution in [0, 0.1) is 0 Å². The third-order valence-electron chi connectivity index (χ3n) is 1.50. The molecule has 0 radical (unpaired) electrons. The Morgan fingerprint density at radius 1 is 1.83 bits per heavy atom. The lowest BCUT2D eigenvalue weighted by Crippen LogP contribution is -2.14. The van der Waals surface area contributed by atoms with E-state index in [0.29, 0.717) is 12.1 Å². The van der Waals surface area contributed by atoms with Crippen LogP contribution >= 0.6 is 0 Å². The summed E-state index contributed by atoms with van der Waals surface area (Å²) in [5.74, 6) is -0.972. The van der Waals surface area contributed by atoms with Crippen molar-refractivity contribution in [3.63, 3.8) is 0 Å². The Bertz CT molecular complexity index is 269. The van der Waals surface area contributed by atoms with E-state index in [-0.39, 0.29) is 5.69 Å². The van der Waals surface area contributed by atoms with Crippen molar-refractivity contribution in [1.29, 1.82) is 0 Å². The number of nitrogens with zero attached hydrogens (tertiary/aromatic N) is 1. The summed E-state index contributed by atoms with van der Waals surface area (Å²) in [5, 5.41) is 17.8. The molecule has 0 saturated carbocycles. The highest BCUT2D eigenvalue weighted by Gasteiger charge is 2.10. The number of hydrogen-bond acceptors (Lipinski definition) is 3. The molecule has 0 unspecified atom stereocenters. The van der Waals surface area contributed by atoms with Crippen LogP contribution in [0.2, 0.25) is 0 Å². The van der Waals surface area contributed by atoms with Gasteiger partial charge in [0.05, 0.1) is 6.20 Å². The SMILES string of the molecule is CCNCc1cn[nH]c1C(=O)O. The minimum atomic E-state index is -0.972. The molecule has 0 atom stereocenters. The van der Waals surface area contributed by atoms with E-state index >= 15 is 0 Å². The Balaban J connectivity index is 2.70. The van der Waals surface area contributed by atoms with Crippen molar-refractivity contribution < 1.29 is 9.90 Å². The third kappa shape index (κ3) is 1.82.